The Hall–Kier alpha value is -1.13. The first-order valence-electron chi connectivity index (χ1n) is 10.7. The van der Waals surface area contributed by atoms with Crippen molar-refractivity contribution < 1.29 is 0 Å². The summed E-state index contributed by atoms with van der Waals surface area (Å²) in [6.07, 6.45) is 11.7. The van der Waals surface area contributed by atoms with E-state index in [4.69, 9.17) is 0 Å². The van der Waals surface area contributed by atoms with E-state index in [1.54, 1.807) is 10.6 Å². The zero-order chi connectivity index (χ0) is 18.2. The molecule has 0 heterocycles. The van der Waals surface area contributed by atoms with E-state index in [1.165, 1.54) is 51.4 Å². The Morgan fingerprint density at radius 1 is 0.654 bits per heavy atom. The first-order chi connectivity index (χ1) is 12.8. The highest BCUT2D eigenvalue weighted by Crippen LogP contribution is 2.51. The van der Waals surface area contributed by atoms with Crippen molar-refractivity contribution in [2.24, 2.45) is 11.8 Å². The second kappa shape index (κ2) is 10.3. The molecule has 0 aromatic heterocycles. The van der Waals surface area contributed by atoms with Crippen molar-refractivity contribution >= 4 is 18.5 Å². The normalized spacial score (nSPS) is 22.5. The van der Waals surface area contributed by atoms with Crippen LogP contribution in [0.25, 0.3) is 0 Å². The van der Waals surface area contributed by atoms with Crippen LogP contribution >= 0.6 is 7.92 Å². The molecule has 0 bridgehead atoms. The molecule has 140 valence electrons. The van der Waals surface area contributed by atoms with Crippen molar-refractivity contribution in [1.29, 1.82) is 0 Å². The molecule has 2 aliphatic rings. The standard InChI is InChI=1S/C20H25P.C5H10/c1-16(2)19-14-9-15-20(19)21(17-10-5-3-6-11-17)18-12-7-4-8-13-18;1-2-4-5-3-1/h3-8,10-13,16,19-20H,9,14-15H2,1-2H3;1-5H2. The Kier molecular flexibility index (Phi) is 7.75. The van der Waals surface area contributed by atoms with Crippen LogP contribution in [0.1, 0.15) is 65.2 Å². The lowest BCUT2D eigenvalue weighted by Crippen LogP contribution is -2.27. The van der Waals surface area contributed by atoms with Crippen LogP contribution in [0.4, 0.5) is 0 Å². The lowest BCUT2D eigenvalue weighted by Gasteiger charge is -2.32. The highest BCUT2D eigenvalue weighted by molar-refractivity contribution is 7.73. The molecule has 0 radical (unpaired) electrons. The number of hydrogen-bond acceptors (Lipinski definition) is 0. The van der Waals surface area contributed by atoms with Gasteiger partial charge < -0.3 is 0 Å². The molecule has 2 fully saturated rings. The van der Waals surface area contributed by atoms with Crippen molar-refractivity contribution in [3.8, 4) is 0 Å². The smallest absolute Gasteiger partial charge is 0.00980 e. The summed E-state index contributed by atoms with van der Waals surface area (Å²) in [5, 5.41) is 3.10. The summed E-state index contributed by atoms with van der Waals surface area (Å²) in [6.45, 7) is 4.82. The summed E-state index contributed by atoms with van der Waals surface area (Å²) in [7, 11) is -0.224. The Bertz CT molecular complexity index is 568. The van der Waals surface area contributed by atoms with Crippen LogP contribution in [0.15, 0.2) is 60.7 Å². The van der Waals surface area contributed by atoms with E-state index in [2.05, 4.69) is 74.5 Å². The molecule has 2 unspecified atom stereocenters. The van der Waals surface area contributed by atoms with Gasteiger partial charge in [-0.3, -0.25) is 0 Å². The molecular formula is C25H35P. The summed E-state index contributed by atoms with van der Waals surface area (Å²) in [5.74, 6) is 1.69. The third-order valence-electron chi connectivity index (χ3n) is 6.04. The third kappa shape index (κ3) is 5.20. The number of rotatable bonds is 4. The fraction of sp³-hybridized carbons (Fsp3) is 0.520. The molecule has 0 amide bonds. The van der Waals surface area contributed by atoms with E-state index < -0.39 is 0 Å². The summed E-state index contributed by atoms with van der Waals surface area (Å²) in [5.41, 5.74) is 0.852. The van der Waals surface area contributed by atoms with Gasteiger partial charge in [0.15, 0.2) is 0 Å². The van der Waals surface area contributed by atoms with E-state index >= 15 is 0 Å². The molecule has 0 saturated heterocycles. The molecule has 2 saturated carbocycles. The van der Waals surface area contributed by atoms with Gasteiger partial charge in [-0.2, -0.15) is 0 Å². The highest BCUT2D eigenvalue weighted by atomic mass is 31.1. The summed E-state index contributed by atoms with van der Waals surface area (Å²) < 4.78 is 0. The fourth-order valence-corrected chi connectivity index (χ4v) is 8.03. The molecule has 4 rings (SSSR count). The number of hydrogen-bond donors (Lipinski definition) is 0. The zero-order valence-electron chi connectivity index (χ0n) is 16.6. The number of benzene rings is 2. The van der Waals surface area contributed by atoms with Crippen LogP contribution in [0.2, 0.25) is 0 Å². The Morgan fingerprint density at radius 2 is 1.12 bits per heavy atom. The molecule has 0 aliphatic heterocycles. The summed E-state index contributed by atoms with van der Waals surface area (Å²) >= 11 is 0. The van der Waals surface area contributed by atoms with Gasteiger partial charge in [-0.05, 0) is 48.9 Å². The molecule has 0 nitrogen and oxygen atoms in total. The average molecular weight is 367 g/mol. The van der Waals surface area contributed by atoms with Crippen molar-refractivity contribution in [3.05, 3.63) is 60.7 Å². The van der Waals surface area contributed by atoms with Gasteiger partial charge in [0.25, 0.3) is 0 Å². The lowest BCUT2D eigenvalue weighted by molar-refractivity contribution is 0.402. The van der Waals surface area contributed by atoms with Gasteiger partial charge >= 0.3 is 0 Å². The summed E-state index contributed by atoms with van der Waals surface area (Å²) in [4.78, 5) is 0. The molecule has 26 heavy (non-hydrogen) atoms. The van der Waals surface area contributed by atoms with E-state index in [0.717, 1.165) is 17.5 Å². The van der Waals surface area contributed by atoms with Crippen LogP contribution in [0.3, 0.4) is 0 Å². The second-order valence-electron chi connectivity index (χ2n) is 8.21. The molecule has 2 aromatic carbocycles. The first kappa shape index (κ1) is 19.6. The van der Waals surface area contributed by atoms with Crippen LogP contribution in [-0.4, -0.2) is 5.66 Å². The predicted octanol–water partition coefficient (Wildman–Crippen LogP) is 6.89. The van der Waals surface area contributed by atoms with Crippen molar-refractivity contribution in [2.75, 3.05) is 0 Å². The molecule has 0 N–H and O–H groups in total. The van der Waals surface area contributed by atoms with Crippen LogP contribution in [0, 0.1) is 11.8 Å². The van der Waals surface area contributed by atoms with Crippen LogP contribution in [0.5, 0.6) is 0 Å². The maximum absolute atomic E-state index is 2.41. The van der Waals surface area contributed by atoms with Gasteiger partial charge in [-0.1, -0.05) is 113 Å². The third-order valence-corrected chi connectivity index (χ3v) is 9.05. The molecule has 2 atom stereocenters. The van der Waals surface area contributed by atoms with Gasteiger partial charge in [0.2, 0.25) is 0 Å². The Labute approximate surface area is 162 Å². The largest absolute Gasteiger partial charge is 0.0625 e. The minimum Gasteiger partial charge on any atom is -0.0625 e. The topological polar surface area (TPSA) is 0 Å². The van der Waals surface area contributed by atoms with Crippen LogP contribution in [-0.2, 0) is 0 Å². The molecule has 1 heteroatoms. The Morgan fingerprint density at radius 3 is 1.54 bits per heavy atom. The molecule has 0 spiro atoms. The minimum atomic E-state index is -0.224. The fourth-order valence-electron chi connectivity index (χ4n) is 4.66. The highest BCUT2D eigenvalue weighted by Gasteiger charge is 2.36. The SMILES string of the molecule is C1CCCC1.CC(C)C1CCCC1P(c1ccccc1)c1ccccc1. The van der Waals surface area contributed by atoms with Crippen molar-refractivity contribution in [2.45, 2.75) is 70.9 Å². The van der Waals surface area contributed by atoms with Gasteiger partial charge in [0, 0.05) is 0 Å². The monoisotopic (exact) mass is 366 g/mol. The van der Waals surface area contributed by atoms with E-state index in [-0.39, 0.29) is 7.92 Å². The quantitative estimate of drug-likeness (QED) is 0.517. The molecule has 2 aromatic rings. The van der Waals surface area contributed by atoms with Gasteiger partial charge in [-0.25, -0.2) is 0 Å². The first-order valence-corrected chi connectivity index (χ1v) is 12.1. The lowest BCUT2D eigenvalue weighted by atomic mass is 9.94. The maximum Gasteiger partial charge on any atom is -0.00980 e. The van der Waals surface area contributed by atoms with Crippen LogP contribution < -0.4 is 10.6 Å². The van der Waals surface area contributed by atoms with Gasteiger partial charge in [0.1, 0.15) is 0 Å². The maximum atomic E-state index is 2.41. The summed E-state index contributed by atoms with van der Waals surface area (Å²) in [6, 6.07) is 22.4. The van der Waals surface area contributed by atoms with E-state index in [1.807, 2.05) is 0 Å². The molecular weight excluding hydrogens is 331 g/mol. The van der Waals surface area contributed by atoms with Gasteiger partial charge in [0.05, 0.1) is 0 Å². The minimum absolute atomic E-state index is 0.224. The van der Waals surface area contributed by atoms with Gasteiger partial charge in [-0.15, -0.1) is 0 Å². The molecule has 2 aliphatic carbocycles. The van der Waals surface area contributed by atoms with Crippen molar-refractivity contribution in [1.82, 2.24) is 0 Å². The Balaban J connectivity index is 0.000000339. The average Bonchev–Trinajstić information content (AvgIpc) is 3.39. The van der Waals surface area contributed by atoms with Crippen molar-refractivity contribution in [3.63, 3.8) is 0 Å². The van der Waals surface area contributed by atoms with E-state index in [0.29, 0.717) is 0 Å². The van der Waals surface area contributed by atoms with E-state index in [9.17, 15) is 0 Å². The second-order valence-corrected chi connectivity index (χ2v) is 10.7. The zero-order valence-corrected chi connectivity index (χ0v) is 17.5. The predicted molar refractivity (Wildman–Crippen MR) is 118 cm³/mol.